The first-order chi connectivity index (χ1) is 6.59. The van der Waals surface area contributed by atoms with Crippen molar-refractivity contribution in [3.63, 3.8) is 0 Å². The van der Waals surface area contributed by atoms with E-state index in [1.54, 1.807) is 0 Å². The Morgan fingerprint density at radius 1 is 1.29 bits per heavy atom. The Hall–Kier alpha value is -0.350. The molecule has 0 aromatic heterocycles. The van der Waals surface area contributed by atoms with E-state index in [4.69, 9.17) is 5.73 Å². The van der Waals surface area contributed by atoms with Gasteiger partial charge in [-0.3, -0.25) is 4.79 Å². The Kier molecular flexibility index (Phi) is 2.66. The van der Waals surface area contributed by atoms with Gasteiger partial charge in [-0.05, 0) is 55.5 Å². The molecule has 0 amide bonds. The van der Waals surface area contributed by atoms with E-state index >= 15 is 0 Å². The number of hydrogen-bond donors (Lipinski definition) is 1. The van der Waals surface area contributed by atoms with Crippen molar-refractivity contribution in [3.8, 4) is 0 Å². The molecule has 2 rings (SSSR count). The van der Waals surface area contributed by atoms with Gasteiger partial charge >= 0.3 is 0 Å². The maximum atomic E-state index is 11.3. The van der Waals surface area contributed by atoms with Crippen LogP contribution in [0.1, 0.15) is 17.5 Å². The number of rotatable bonds is 0. The van der Waals surface area contributed by atoms with E-state index in [2.05, 4.69) is 31.9 Å². The highest BCUT2D eigenvalue weighted by molar-refractivity contribution is 9.11. The molecular weight excluding hydrogens is 310 g/mol. The van der Waals surface area contributed by atoms with Gasteiger partial charge in [0.15, 0.2) is 0 Å². The predicted octanol–water partition coefficient (Wildman–Crippen LogP) is 2.85. The van der Waals surface area contributed by atoms with Gasteiger partial charge in [0.1, 0.15) is 5.78 Å². The van der Waals surface area contributed by atoms with E-state index < -0.39 is 0 Å². The molecule has 0 fully saturated rings. The number of ketones is 1. The van der Waals surface area contributed by atoms with Crippen LogP contribution in [0.4, 0.5) is 5.69 Å². The lowest BCUT2D eigenvalue weighted by atomic mass is 9.90. The topological polar surface area (TPSA) is 43.1 Å². The molecule has 0 atom stereocenters. The van der Waals surface area contributed by atoms with Crippen LogP contribution in [-0.2, 0) is 17.6 Å². The summed E-state index contributed by atoms with van der Waals surface area (Å²) in [5, 5.41) is 0. The molecule has 1 aromatic carbocycles. The molecule has 0 radical (unpaired) electrons. The summed E-state index contributed by atoms with van der Waals surface area (Å²) in [7, 11) is 0. The second-order valence-corrected chi connectivity index (χ2v) is 5.09. The number of carbonyl (C=O) groups is 1. The Morgan fingerprint density at radius 3 is 2.71 bits per heavy atom. The van der Waals surface area contributed by atoms with E-state index in [-0.39, 0.29) is 0 Å². The van der Waals surface area contributed by atoms with E-state index in [1.807, 2.05) is 6.07 Å². The average molecular weight is 319 g/mol. The SMILES string of the molecule is Nc1c(Br)cc2c(c1Br)CCC(=O)C2. The zero-order chi connectivity index (χ0) is 10.3. The Bertz CT molecular complexity index is 415. The van der Waals surface area contributed by atoms with Gasteiger partial charge in [-0.15, -0.1) is 0 Å². The highest BCUT2D eigenvalue weighted by Crippen LogP contribution is 2.36. The lowest BCUT2D eigenvalue weighted by Crippen LogP contribution is -2.14. The number of Topliss-reactive ketones (excluding diaryl/α,β-unsaturated/α-hetero) is 1. The molecule has 74 valence electrons. The number of anilines is 1. The maximum Gasteiger partial charge on any atom is 0.137 e. The Balaban J connectivity index is 2.59. The summed E-state index contributed by atoms with van der Waals surface area (Å²) in [5.74, 6) is 0.307. The summed E-state index contributed by atoms with van der Waals surface area (Å²) >= 11 is 6.85. The first-order valence-corrected chi connectivity index (χ1v) is 5.95. The van der Waals surface area contributed by atoms with Crippen LogP contribution in [0.3, 0.4) is 0 Å². The van der Waals surface area contributed by atoms with Crippen molar-refractivity contribution < 1.29 is 4.79 Å². The third-order valence-corrected chi connectivity index (χ3v) is 4.05. The largest absolute Gasteiger partial charge is 0.397 e. The van der Waals surface area contributed by atoms with Gasteiger partial charge in [0.25, 0.3) is 0 Å². The Labute approximate surface area is 99.1 Å². The molecule has 0 heterocycles. The minimum atomic E-state index is 0.307. The number of fused-ring (bicyclic) bond motifs is 1. The van der Waals surface area contributed by atoms with Crippen molar-refractivity contribution in [1.29, 1.82) is 0 Å². The molecule has 0 bridgehead atoms. The van der Waals surface area contributed by atoms with Crippen molar-refractivity contribution >= 4 is 43.3 Å². The smallest absolute Gasteiger partial charge is 0.137 e. The van der Waals surface area contributed by atoms with Crippen LogP contribution in [0.25, 0.3) is 0 Å². The molecule has 0 saturated heterocycles. The summed E-state index contributed by atoms with van der Waals surface area (Å²) in [5.41, 5.74) is 8.86. The second-order valence-electron chi connectivity index (χ2n) is 3.44. The third kappa shape index (κ3) is 1.61. The van der Waals surface area contributed by atoms with Crippen molar-refractivity contribution in [1.82, 2.24) is 0 Å². The molecule has 0 unspecified atom stereocenters. The lowest BCUT2D eigenvalue weighted by molar-refractivity contribution is -0.118. The molecule has 4 heteroatoms. The third-order valence-electron chi connectivity index (χ3n) is 2.49. The molecule has 2 nitrogen and oxygen atoms in total. The fourth-order valence-electron chi connectivity index (χ4n) is 1.72. The van der Waals surface area contributed by atoms with Crippen LogP contribution in [-0.4, -0.2) is 5.78 Å². The first kappa shape index (κ1) is 10.2. The number of nitrogens with two attached hydrogens (primary N) is 1. The van der Waals surface area contributed by atoms with E-state index in [0.717, 1.165) is 26.6 Å². The lowest BCUT2D eigenvalue weighted by Gasteiger charge is -2.18. The standard InChI is InChI=1S/C10H9Br2NO/c11-8-4-5-3-6(14)1-2-7(5)9(12)10(8)13/h4H,1-3,13H2. The first-order valence-electron chi connectivity index (χ1n) is 4.36. The van der Waals surface area contributed by atoms with Crippen molar-refractivity contribution in [2.24, 2.45) is 0 Å². The summed E-state index contributed by atoms with van der Waals surface area (Å²) in [6.45, 7) is 0. The van der Waals surface area contributed by atoms with Crippen LogP contribution in [0.15, 0.2) is 15.0 Å². The summed E-state index contributed by atoms with van der Waals surface area (Å²) in [4.78, 5) is 11.3. The van der Waals surface area contributed by atoms with Gasteiger partial charge in [0.05, 0.1) is 5.69 Å². The van der Waals surface area contributed by atoms with Gasteiger partial charge in [0, 0.05) is 21.8 Å². The summed E-state index contributed by atoms with van der Waals surface area (Å²) in [6, 6.07) is 1.95. The molecule has 0 aliphatic heterocycles. The van der Waals surface area contributed by atoms with Gasteiger partial charge in [-0.1, -0.05) is 0 Å². The number of carbonyl (C=O) groups excluding carboxylic acids is 1. The van der Waals surface area contributed by atoms with Gasteiger partial charge in [-0.2, -0.15) is 0 Å². The van der Waals surface area contributed by atoms with Crippen LogP contribution >= 0.6 is 31.9 Å². The monoisotopic (exact) mass is 317 g/mol. The number of nitrogen functional groups attached to an aromatic ring is 1. The molecule has 1 aliphatic rings. The second kappa shape index (κ2) is 3.66. The summed E-state index contributed by atoms with van der Waals surface area (Å²) in [6.07, 6.45) is 1.96. The number of halogens is 2. The highest BCUT2D eigenvalue weighted by atomic mass is 79.9. The average Bonchev–Trinajstić information content (AvgIpc) is 2.14. The highest BCUT2D eigenvalue weighted by Gasteiger charge is 2.20. The van der Waals surface area contributed by atoms with E-state index in [9.17, 15) is 4.79 Å². The molecule has 0 saturated carbocycles. The van der Waals surface area contributed by atoms with Crippen LogP contribution in [0.2, 0.25) is 0 Å². The molecule has 2 N–H and O–H groups in total. The van der Waals surface area contributed by atoms with Crippen LogP contribution in [0, 0.1) is 0 Å². The Morgan fingerprint density at radius 2 is 2.00 bits per heavy atom. The minimum Gasteiger partial charge on any atom is -0.397 e. The molecule has 0 spiro atoms. The summed E-state index contributed by atoms with van der Waals surface area (Å²) < 4.78 is 1.80. The van der Waals surface area contributed by atoms with E-state index in [0.29, 0.717) is 18.6 Å². The van der Waals surface area contributed by atoms with Gasteiger partial charge < -0.3 is 5.73 Å². The number of hydrogen-bond acceptors (Lipinski definition) is 2. The van der Waals surface area contributed by atoms with Gasteiger partial charge in [0.2, 0.25) is 0 Å². The zero-order valence-electron chi connectivity index (χ0n) is 7.44. The zero-order valence-corrected chi connectivity index (χ0v) is 10.6. The molecule has 1 aliphatic carbocycles. The fourth-order valence-corrected chi connectivity index (χ4v) is 3.13. The molecule has 14 heavy (non-hydrogen) atoms. The normalized spacial score (nSPS) is 15.4. The van der Waals surface area contributed by atoms with Crippen LogP contribution < -0.4 is 5.73 Å². The fraction of sp³-hybridized carbons (Fsp3) is 0.300. The van der Waals surface area contributed by atoms with Crippen molar-refractivity contribution in [2.75, 3.05) is 5.73 Å². The predicted molar refractivity (Wildman–Crippen MR) is 63.3 cm³/mol. The van der Waals surface area contributed by atoms with Crippen LogP contribution in [0.5, 0.6) is 0 Å². The minimum absolute atomic E-state index is 0.307. The molecular formula is C10H9Br2NO. The molecule has 1 aromatic rings. The maximum absolute atomic E-state index is 11.3. The number of benzene rings is 1. The quantitative estimate of drug-likeness (QED) is 0.747. The van der Waals surface area contributed by atoms with E-state index in [1.165, 1.54) is 5.56 Å². The van der Waals surface area contributed by atoms with Gasteiger partial charge in [-0.25, -0.2) is 0 Å². The van der Waals surface area contributed by atoms with Crippen molar-refractivity contribution in [2.45, 2.75) is 19.3 Å². The van der Waals surface area contributed by atoms with Crippen molar-refractivity contribution in [3.05, 3.63) is 26.1 Å².